The molecule has 0 aliphatic rings. The highest BCUT2D eigenvalue weighted by molar-refractivity contribution is 7.15. The molecule has 0 saturated heterocycles. The molecule has 0 atom stereocenters. The van der Waals surface area contributed by atoms with Gasteiger partial charge in [0.2, 0.25) is 0 Å². The van der Waals surface area contributed by atoms with Crippen LogP contribution in [0.25, 0.3) is 21.8 Å². The maximum atomic E-state index is 13.2. The van der Waals surface area contributed by atoms with Gasteiger partial charge >= 0.3 is 0 Å². The third-order valence-corrected chi connectivity index (χ3v) is 4.69. The van der Waals surface area contributed by atoms with E-state index in [9.17, 15) is 4.39 Å². The lowest BCUT2D eigenvalue weighted by atomic mass is 10.0. The topological polar surface area (TPSA) is 52.0 Å². The van der Waals surface area contributed by atoms with E-state index in [-0.39, 0.29) is 10.8 Å². The van der Waals surface area contributed by atoms with E-state index in [0.29, 0.717) is 16.9 Å². The summed E-state index contributed by atoms with van der Waals surface area (Å²) in [6, 6.07) is 8.17. The number of aromatic nitrogens is 1. The number of hydrogen-bond donors (Lipinski definition) is 1. The minimum atomic E-state index is -0.398. The zero-order valence-corrected chi connectivity index (χ0v) is 12.8. The summed E-state index contributed by atoms with van der Waals surface area (Å²) >= 11 is 7.73. The number of nitrogens with two attached hydrogens (primary N) is 1. The van der Waals surface area contributed by atoms with E-state index in [1.54, 1.807) is 17.4 Å². The van der Waals surface area contributed by atoms with Crippen LogP contribution in [0.15, 0.2) is 34.9 Å². The second-order valence-electron chi connectivity index (χ2n) is 4.52. The summed E-state index contributed by atoms with van der Waals surface area (Å²) in [4.78, 5) is 2.16. The van der Waals surface area contributed by atoms with E-state index < -0.39 is 5.82 Å². The van der Waals surface area contributed by atoms with Crippen molar-refractivity contribution in [1.29, 1.82) is 0 Å². The summed E-state index contributed by atoms with van der Waals surface area (Å²) in [5, 5.41) is 4.10. The van der Waals surface area contributed by atoms with Crippen molar-refractivity contribution in [3.8, 4) is 21.8 Å². The van der Waals surface area contributed by atoms with Gasteiger partial charge in [-0.1, -0.05) is 23.7 Å². The van der Waals surface area contributed by atoms with Crippen molar-refractivity contribution in [2.24, 2.45) is 0 Å². The van der Waals surface area contributed by atoms with Gasteiger partial charge < -0.3 is 10.3 Å². The predicted octanol–water partition coefficient (Wildman–Crippen LogP) is 5.01. The van der Waals surface area contributed by atoms with E-state index >= 15 is 0 Å². The number of aryl methyl sites for hydroxylation is 1. The van der Waals surface area contributed by atoms with Gasteiger partial charge in [0.1, 0.15) is 5.82 Å². The molecule has 0 saturated carbocycles. The lowest BCUT2D eigenvalue weighted by Crippen LogP contribution is -1.89. The fourth-order valence-corrected chi connectivity index (χ4v) is 3.31. The molecule has 0 aliphatic heterocycles. The van der Waals surface area contributed by atoms with Crippen molar-refractivity contribution in [2.45, 2.75) is 13.3 Å². The van der Waals surface area contributed by atoms with Gasteiger partial charge in [0.15, 0.2) is 11.6 Å². The molecule has 2 heterocycles. The van der Waals surface area contributed by atoms with Crippen molar-refractivity contribution >= 4 is 28.8 Å². The minimum Gasteiger partial charge on any atom is -0.380 e. The lowest BCUT2D eigenvalue weighted by molar-refractivity contribution is 0.437. The van der Waals surface area contributed by atoms with E-state index in [2.05, 4.69) is 12.1 Å². The third-order valence-electron chi connectivity index (χ3n) is 3.15. The fourth-order valence-electron chi connectivity index (χ4n) is 2.11. The molecule has 0 bridgehead atoms. The highest BCUT2D eigenvalue weighted by Crippen LogP contribution is 2.42. The first kappa shape index (κ1) is 14.1. The van der Waals surface area contributed by atoms with Crippen molar-refractivity contribution in [3.05, 3.63) is 46.0 Å². The SMILES string of the molecule is CCc1ccc(-c2onc(N)c2-c2ccc(F)cc2Cl)s1. The molecular weight excluding hydrogens is 311 g/mol. The zero-order valence-electron chi connectivity index (χ0n) is 11.2. The Bertz CT molecular complexity index is 797. The number of halogens is 2. The molecule has 2 aromatic heterocycles. The van der Waals surface area contributed by atoms with Crippen molar-refractivity contribution < 1.29 is 8.91 Å². The molecule has 0 amide bonds. The maximum absolute atomic E-state index is 13.2. The third kappa shape index (κ3) is 2.54. The molecular formula is C15H12ClFN2OS. The van der Waals surface area contributed by atoms with Gasteiger partial charge in [-0.2, -0.15) is 0 Å². The van der Waals surface area contributed by atoms with Gasteiger partial charge in [-0.25, -0.2) is 4.39 Å². The molecule has 6 heteroatoms. The van der Waals surface area contributed by atoms with Crippen LogP contribution in [0.5, 0.6) is 0 Å². The van der Waals surface area contributed by atoms with Crippen LogP contribution in [-0.4, -0.2) is 5.16 Å². The first-order valence-electron chi connectivity index (χ1n) is 6.39. The summed E-state index contributed by atoms with van der Waals surface area (Å²) in [7, 11) is 0. The lowest BCUT2D eigenvalue weighted by Gasteiger charge is -2.04. The Labute approximate surface area is 130 Å². The first-order chi connectivity index (χ1) is 10.1. The number of anilines is 1. The van der Waals surface area contributed by atoms with Crippen LogP contribution in [0.2, 0.25) is 5.02 Å². The van der Waals surface area contributed by atoms with Crippen LogP contribution in [-0.2, 0) is 6.42 Å². The molecule has 21 heavy (non-hydrogen) atoms. The van der Waals surface area contributed by atoms with E-state index in [0.717, 1.165) is 11.3 Å². The number of hydrogen-bond acceptors (Lipinski definition) is 4. The minimum absolute atomic E-state index is 0.241. The molecule has 0 aliphatic carbocycles. The van der Waals surface area contributed by atoms with Crippen LogP contribution in [0, 0.1) is 5.82 Å². The second-order valence-corrected chi connectivity index (χ2v) is 6.09. The molecule has 0 unspecified atom stereocenters. The Morgan fingerprint density at radius 2 is 2.14 bits per heavy atom. The number of benzene rings is 1. The summed E-state index contributed by atoms with van der Waals surface area (Å²) in [5.41, 5.74) is 7.12. The normalized spacial score (nSPS) is 11.0. The standard InChI is InChI=1S/C15H12ClFN2OS/c1-2-9-4-6-12(21-9)14-13(15(18)19-20-14)10-5-3-8(17)7-11(10)16/h3-7H,2H2,1H3,(H2,18,19). The van der Waals surface area contributed by atoms with Crippen molar-refractivity contribution in [2.75, 3.05) is 5.73 Å². The van der Waals surface area contributed by atoms with Gasteiger partial charge in [0.25, 0.3) is 0 Å². The Kier molecular flexibility index (Phi) is 3.69. The number of nitrogens with zero attached hydrogens (tertiary/aromatic N) is 1. The van der Waals surface area contributed by atoms with Crippen LogP contribution in [0.4, 0.5) is 10.2 Å². The number of nitrogen functional groups attached to an aromatic ring is 1. The smallest absolute Gasteiger partial charge is 0.186 e. The fraction of sp³-hybridized carbons (Fsp3) is 0.133. The van der Waals surface area contributed by atoms with Crippen LogP contribution in [0.1, 0.15) is 11.8 Å². The summed E-state index contributed by atoms with van der Waals surface area (Å²) < 4.78 is 18.6. The highest BCUT2D eigenvalue weighted by Gasteiger charge is 2.21. The molecule has 3 aromatic rings. The molecule has 0 radical (unpaired) electrons. The van der Waals surface area contributed by atoms with Gasteiger partial charge in [0.05, 0.1) is 15.5 Å². The Hall–Kier alpha value is -1.85. The van der Waals surface area contributed by atoms with Gasteiger partial charge in [-0.3, -0.25) is 0 Å². The Morgan fingerprint density at radius 1 is 1.33 bits per heavy atom. The quantitative estimate of drug-likeness (QED) is 0.737. The Balaban J connectivity index is 2.17. The number of rotatable bonds is 3. The largest absolute Gasteiger partial charge is 0.380 e. The van der Waals surface area contributed by atoms with Crippen LogP contribution < -0.4 is 5.73 Å². The average Bonchev–Trinajstić information content (AvgIpc) is 3.06. The first-order valence-corrected chi connectivity index (χ1v) is 7.59. The van der Waals surface area contributed by atoms with E-state index in [4.69, 9.17) is 21.9 Å². The maximum Gasteiger partial charge on any atom is 0.186 e. The molecule has 3 nitrogen and oxygen atoms in total. The zero-order chi connectivity index (χ0) is 15.0. The molecule has 0 fully saturated rings. The molecule has 1 aromatic carbocycles. The number of thiophene rings is 1. The Morgan fingerprint density at radius 3 is 2.81 bits per heavy atom. The van der Waals surface area contributed by atoms with Crippen molar-refractivity contribution in [3.63, 3.8) is 0 Å². The second kappa shape index (κ2) is 5.50. The summed E-state index contributed by atoms with van der Waals surface area (Å²) in [6.45, 7) is 2.09. The monoisotopic (exact) mass is 322 g/mol. The van der Waals surface area contributed by atoms with Crippen LogP contribution >= 0.6 is 22.9 Å². The van der Waals surface area contributed by atoms with Gasteiger partial charge in [-0.05, 0) is 36.8 Å². The van der Waals surface area contributed by atoms with E-state index in [1.165, 1.54) is 17.0 Å². The predicted molar refractivity (Wildman–Crippen MR) is 84.0 cm³/mol. The summed E-state index contributed by atoms with van der Waals surface area (Å²) in [6.07, 6.45) is 0.945. The molecule has 108 valence electrons. The summed E-state index contributed by atoms with van der Waals surface area (Å²) in [5.74, 6) is 0.403. The molecule has 2 N–H and O–H groups in total. The van der Waals surface area contributed by atoms with Gasteiger partial charge in [-0.15, -0.1) is 11.3 Å². The van der Waals surface area contributed by atoms with E-state index in [1.807, 2.05) is 12.1 Å². The van der Waals surface area contributed by atoms with Crippen molar-refractivity contribution in [1.82, 2.24) is 5.16 Å². The van der Waals surface area contributed by atoms with Crippen LogP contribution in [0.3, 0.4) is 0 Å². The average molecular weight is 323 g/mol. The van der Waals surface area contributed by atoms with Gasteiger partial charge in [0, 0.05) is 10.4 Å². The molecule has 0 spiro atoms. The highest BCUT2D eigenvalue weighted by atomic mass is 35.5. The molecule has 3 rings (SSSR count).